The topological polar surface area (TPSA) is 53.5 Å². The highest BCUT2D eigenvalue weighted by Crippen LogP contribution is 2.29. The van der Waals surface area contributed by atoms with Crippen LogP contribution in [-0.4, -0.2) is 48.2 Å². The molecule has 32 heavy (non-hydrogen) atoms. The van der Waals surface area contributed by atoms with Crippen molar-refractivity contribution in [3.05, 3.63) is 64.8 Å². The number of aryl methyl sites for hydroxylation is 2. The predicted molar refractivity (Wildman–Crippen MR) is 132 cm³/mol. The van der Waals surface area contributed by atoms with Gasteiger partial charge in [0, 0.05) is 41.8 Å². The van der Waals surface area contributed by atoms with E-state index in [0.717, 1.165) is 45.6 Å². The molecule has 0 radical (unpaired) electrons. The fourth-order valence-electron chi connectivity index (χ4n) is 3.86. The van der Waals surface area contributed by atoms with Crippen LogP contribution in [0.1, 0.15) is 24.0 Å². The molecule has 6 nitrogen and oxygen atoms in total. The molecule has 2 aromatic carbocycles. The largest absolute Gasteiger partial charge is 0.492 e. The van der Waals surface area contributed by atoms with Crippen LogP contribution in [0.3, 0.4) is 0 Å². The van der Waals surface area contributed by atoms with Crippen molar-refractivity contribution in [2.24, 2.45) is 0 Å². The molecule has 0 atom stereocenters. The van der Waals surface area contributed by atoms with Crippen LogP contribution in [0.25, 0.3) is 0 Å². The Kier molecular flexibility index (Phi) is 7.12. The molecule has 1 aliphatic heterocycles. The fourth-order valence-corrected chi connectivity index (χ4v) is 3.97. The average molecular weight is 452 g/mol. The Morgan fingerprint density at radius 1 is 1.06 bits per heavy atom. The third kappa shape index (κ3) is 5.50. The van der Waals surface area contributed by atoms with Gasteiger partial charge in [0.05, 0.1) is 0 Å². The van der Waals surface area contributed by atoms with Gasteiger partial charge in [-0.25, -0.2) is 4.98 Å². The quantitative estimate of drug-likeness (QED) is 0.471. The zero-order valence-corrected chi connectivity index (χ0v) is 19.7. The van der Waals surface area contributed by atoms with Gasteiger partial charge in [0.25, 0.3) is 0 Å². The monoisotopic (exact) mass is 451 g/mol. The van der Waals surface area contributed by atoms with Gasteiger partial charge in [0.15, 0.2) is 0 Å². The second kappa shape index (κ2) is 10.2. The number of hydrogen-bond donors (Lipinski definition) is 1. The zero-order valence-electron chi connectivity index (χ0n) is 18.9. The van der Waals surface area contributed by atoms with E-state index in [1.54, 1.807) is 0 Å². The van der Waals surface area contributed by atoms with Gasteiger partial charge >= 0.3 is 0 Å². The van der Waals surface area contributed by atoms with Gasteiger partial charge in [-0.05, 0) is 87.8 Å². The lowest BCUT2D eigenvalue weighted by Crippen LogP contribution is -2.25. The average Bonchev–Trinajstić information content (AvgIpc) is 3.31. The van der Waals surface area contributed by atoms with Crippen LogP contribution in [0.2, 0.25) is 5.02 Å². The Bertz CT molecular complexity index is 1050. The first kappa shape index (κ1) is 22.4. The standard InChI is InChI=1S/C25H30ClN5O/c1-18-16-21(8-11-23(18)26)30(3)24-19(2)17-27-25(29-24)28-20-6-9-22(10-7-20)32-15-14-31-12-4-5-13-31/h6-11,16-17H,4-5,12-15H2,1-3H3,(H,27,28,29). The van der Waals surface area contributed by atoms with Crippen LogP contribution in [0.5, 0.6) is 5.75 Å². The summed E-state index contributed by atoms with van der Waals surface area (Å²) in [5.41, 5.74) is 3.96. The maximum Gasteiger partial charge on any atom is 0.229 e. The number of likely N-dealkylation sites (tertiary alicyclic amines) is 1. The number of rotatable bonds is 8. The molecule has 0 spiro atoms. The van der Waals surface area contributed by atoms with Crippen molar-refractivity contribution in [2.45, 2.75) is 26.7 Å². The van der Waals surface area contributed by atoms with E-state index < -0.39 is 0 Å². The highest BCUT2D eigenvalue weighted by molar-refractivity contribution is 6.31. The van der Waals surface area contributed by atoms with Gasteiger partial charge in [-0.3, -0.25) is 4.90 Å². The first-order valence-electron chi connectivity index (χ1n) is 11.1. The molecule has 1 fully saturated rings. The summed E-state index contributed by atoms with van der Waals surface area (Å²) in [5, 5.41) is 4.05. The highest BCUT2D eigenvalue weighted by Gasteiger charge is 2.13. The normalized spacial score (nSPS) is 13.9. The molecule has 0 aliphatic carbocycles. The predicted octanol–water partition coefficient (Wildman–Crippen LogP) is 5.73. The first-order valence-corrected chi connectivity index (χ1v) is 11.4. The Morgan fingerprint density at radius 3 is 2.53 bits per heavy atom. The summed E-state index contributed by atoms with van der Waals surface area (Å²) in [5.74, 6) is 2.26. The van der Waals surface area contributed by atoms with Crippen LogP contribution < -0.4 is 15.0 Å². The summed E-state index contributed by atoms with van der Waals surface area (Å²) in [6.45, 7) is 8.09. The number of halogens is 1. The lowest BCUT2D eigenvalue weighted by atomic mass is 10.2. The van der Waals surface area contributed by atoms with E-state index in [0.29, 0.717) is 12.6 Å². The van der Waals surface area contributed by atoms with Crippen molar-refractivity contribution in [3.8, 4) is 5.75 Å². The van der Waals surface area contributed by atoms with Gasteiger partial charge in [0.2, 0.25) is 5.95 Å². The molecule has 3 aromatic rings. The molecule has 2 heterocycles. The summed E-state index contributed by atoms with van der Waals surface area (Å²) in [6.07, 6.45) is 4.44. The Hall–Kier alpha value is -2.83. The molecule has 1 aliphatic rings. The van der Waals surface area contributed by atoms with Crippen LogP contribution >= 0.6 is 11.6 Å². The molecule has 0 amide bonds. The van der Waals surface area contributed by atoms with E-state index in [-0.39, 0.29) is 0 Å². The summed E-state index contributed by atoms with van der Waals surface area (Å²) in [6, 6.07) is 13.9. The maximum atomic E-state index is 6.18. The molecule has 168 valence electrons. The highest BCUT2D eigenvalue weighted by atomic mass is 35.5. The summed E-state index contributed by atoms with van der Waals surface area (Å²) >= 11 is 6.18. The first-order chi connectivity index (χ1) is 15.5. The van der Waals surface area contributed by atoms with Crippen molar-refractivity contribution < 1.29 is 4.74 Å². The van der Waals surface area contributed by atoms with E-state index >= 15 is 0 Å². The van der Waals surface area contributed by atoms with E-state index in [4.69, 9.17) is 21.3 Å². The van der Waals surface area contributed by atoms with Gasteiger partial charge < -0.3 is 15.0 Å². The molecule has 0 bridgehead atoms. The number of ether oxygens (including phenoxy) is 1. The number of benzene rings is 2. The van der Waals surface area contributed by atoms with Crippen molar-refractivity contribution in [3.63, 3.8) is 0 Å². The minimum Gasteiger partial charge on any atom is -0.492 e. The molecule has 1 aromatic heterocycles. The number of aromatic nitrogens is 2. The lowest BCUT2D eigenvalue weighted by Gasteiger charge is -2.21. The number of nitrogens with zero attached hydrogens (tertiary/aromatic N) is 4. The van der Waals surface area contributed by atoms with Crippen LogP contribution in [-0.2, 0) is 0 Å². The van der Waals surface area contributed by atoms with Crippen molar-refractivity contribution >= 4 is 34.7 Å². The smallest absolute Gasteiger partial charge is 0.229 e. The summed E-state index contributed by atoms with van der Waals surface area (Å²) < 4.78 is 5.89. The third-order valence-electron chi connectivity index (χ3n) is 5.78. The SMILES string of the molecule is Cc1cc(N(C)c2nc(Nc3ccc(OCCN4CCCC4)cc3)ncc2C)ccc1Cl. The molecule has 7 heteroatoms. The fraction of sp³-hybridized carbons (Fsp3) is 0.360. The van der Waals surface area contributed by atoms with Gasteiger partial charge in [0.1, 0.15) is 18.2 Å². The molecule has 4 rings (SSSR count). The van der Waals surface area contributed by atoms with Crippen molar-refractivity contribution in [1.82, 2.24) is 14.9 Å². The minimum atomic E-state index is 0.547. The van der Waals surface area contributed by atoms with Crippen LogP contribution in [0, 0.1) is 13.8 Å². The van der Waals surface area contributed by atoms with Crippen molar-refractivity contribution in [2.75, 3.05) is 43.5 Å². The van der Waals surface area contributed by atoms with Crippen LogP contribution in [0.4, 0.5) is 23.1 Å². The van der Waals surface area contributed by atoms with Crippen LogP contribution in [0.15, 0.2) is 48.7 Å². The summed E-state index contributed by atoms with van der Waals surface area (Å²) in [4.78, 5) is 13.7. The molecule has 1 saturated heterocycles. The second-order valence-corrected chi connectivity index (χ2v) is 8.65. The van der Waals surface area contributed by atoms with E-state index in [2.05, 4.69) is 21.3 Å². The number of hydrogen-bond acceptors (Lipinski definition) is 6. The molecule has 1 N–H and O–H groups in total. The van der Waals surface area contributed by atoms with E-state index in [9.17, 15) is 0 Å². The minimum absolute atomic E-state index is 0.547. The third-order valence-corrected chi connectivity index (χ3v) is 6.20. The molecular formula is C25H30ClN5O. The van der Waals surface area contributed by atoms with Gasteiger partial charge in [-0.1, -0.05) is 11.6 Å². The Labute approximate surface area is 195 Å². The maximum absolute atomic E-state index is 6.18. The lowest BCUT2D eigenvalue weighted by molar-refractivity contribution is 0.238. The Morgan fingerprint density at radius 2 is 1.81 bits per heavy atom. The van der Waals surface area contributed by atoms with E-state index in [1.807, 2.05) is 68.4 Å². The molecular weight excluding hydrogens is 422 g/mol. The van der Waals surface area contributed by atoms with E-state index in [1.165, 1.54) is 25.9 Å². The second-order valence-electron chi connectivity index (χ2n) is 8.24. The Balaban J connectivity index is 1.40. The van der Waals surface area contributed by atoms with Crippen molar-refractivity contribution in [1.29, 1.82) is 0 Å². The number of anilines is 4. The van der Waals surface area contributed by atoms with Gasteiger partial charge in [-0.15, -0.1) is 0 Å². The van der Waals surface area contributed by atoms with Gasteiger partial charge in [-0.2, -0.15) is 4.98 Å². The molecule has 0 saturated carbocycles. The zero-order chi connectivity index (χ0) is 22.5. The molecule has 0 unspecified atom stereocenters. The number of nitrogens with one attached hydrogen (secondary N) is 1. The summed E-state index contributed by atoms with van der Waals surface area (Å²) in [7, 11) is 2.00.